The van der Waals surface area contributed by atoms with E-state index in [1.54, 1.807) is 6.07 Å². The minimum Gasteiger partial charge on any atom is -0.350 e. The third kappa shape index (κ3) is 5.75. The van der Waals surface area contributed by atoms with E-state index >= 15 is 0 Å². The monoisotopic (exact) mass is 338 g/mol. The largest absolute Gasteiger partial charge is 0.350 e. The average Bonchev–Trinajstić information content (AvgIpc) is 2.60. The van der Waals surface area contributed by atoms with Gasteiger partial charge in [-0.15, -0.1) is 0 Å². The highest BCUT2D eigenvalue weighted by molar-refractivity contribution is 5.98. The van der Waals surface area contributed by atoms with Crippen LogP contribution in [0.4, 0.5) is 0 Å². The molecular formula is C21H26N2O2. The molecule has 0 fully saturated rings. The Labute approximate surface area is 149 Å². The standard InChI is InChI=1S/C21H26N2O2/c1-15(2)13-19(21(25)22-14-17-10-5-4-6-11-17)23-20(24)18-12-8-7-9-16(18)3/h4-12,15,19H,13-14H2,1-3H3,(H,22,25)(H,23,24). The van der Waals surface area contributed by atoms with Crippen molar-refractivity contribution in [2.45, 2.75) is 39.8 Å². The van der Waals surface area contributed by atoms with Gasteiger partial charge in [0.05, 0.1) is 0 Å². The highest BCUT2D eigenvalue weighted by Crippen LogP contribution is 2.10. The number of rotatable bonds is 7. The fourth-order valence-electron chi connectivity index (χ4n) is 2.67. The Morgan fingerprint density at radius 1 is 0.960 bits per heavy atom. The van der Waals surface area contributed by atoms with Gasteiger partial charge in [-0.1, -0.05) is 62.4 Å². The van der Waals surface area contributed by atoms with E-state index in [1.807, 2.05) is 69.3 Å². The third-order valence-electron chi connectivity index (χ3n) is 4.03. The Hall–Kier alpha value is -2.62. The quantitative estimate of drug-likeness (QED) is 0.812. The number of carbonyl (C=O) groups is 2. The van der Waals surface area contributed by atoms with Gasteiger partial charge < -0.3 is 10.6 Å². The minimum absolute atomic E-state index is 0.153. The van der Waals surface area contributed by atoms with Gasteiger partial charge in [0.2, 0.25) is 5.91 Å². The molecular weight excluding hydrogens is 312 g/mol. The van der Waals surface area contributed by atoms with Gasteiger partial charge in [-0.05, 0) is 36.5 Å². The maximum atomic E-state index is 12.6. The van der Waals surface area contributed by atoms with Gasteiger partial charge in [-0.25, -0.2) is 0 Å². The molecule has 0 aliphatic rings. The summed E-state index contributed by atoms with van der Waals surface area (Å²) in [5.74, 6) is -0.0669. The number of nitrogens with one attached hydrogen (secondary N) is 2. The molecule has 0 aliphatic heterocycles. The lowest BCUT2D eigenvalue weighted by Crippen LogP contribution is -2.47. The molecule has 4 heteroatoms. The van der Waals surface area contributed by atoms with E-state index < -0.39 is 6.04 Å². The predicted octanol–water partition coefficient (Wildman–Crippen LogP) is 3.46. The molecule has 1 unspecified atom stereocenters. The first-order chi connectivity index (χ1) is 12.0. The molecule has 2 amide bonds. The molecule has 2 rings (SSSR count). The van der Waals surface area contributed by atoms with Gasteiger partial charge in [0.15, 0.2) is 0 Å². The van der Waals surface area contributed by atoms with Crippen molar-refractivity contribution in [2.75, 3.05) is 0 Å². The Morgan fingerprint density at radius 2 is 1.60 bits per heavy atom. The zero-order chi connectivity index (χ0) is 18.2. The number of hydrogen-bond donors (Lipinski definition) is 2. The third-order valence-corrected chi connectivity index (χ3v) is 4.03. The first-order valence-electron chi connectivity index (χ1n) is 8.65. The van der Waals surface area contributed by atoms with E-state index in [1.165, 1.54) is 0 Å². The number of benzene rings is 2. The second-order valence-electron chi connectivity index (χ2n) is 6.67. The molecule has 0 spiro atoms. The second-order valence-corrected chi connectivity index (χ2v) is 6.67. The fraction of sp³-hybridized carbons (Fsp3) is 0.333. The van der Waals surface area contributed by atoms with Crippen LogP contribution in [0, 0.1) is 12.8 Å². The lowest BCUT2D eigenvalue weighted by atomic mass is 10.0. The predicted molar refractivity (Wildman–Crippen MR) is 100 cm³/mol. The molecule has 2 N–H and O–H groups in total. The maximum Gasteiger partial charge on any atom is 0.252 e. The summed E-state index contributed by atoms with van der Waals surface area (Å²) in [6.45, 7) is 6.42. The van der Waals surface area contributed by atoms with Crippen LogP contribution in [0.3, 0.4) is 0 Å². The molecule has 0 saturated carbocycles. The van der Waals surface area contributed by atoms with Gasteiger partial charge in [-0.2, -0.15) is 0 Å². The molecule has 2 aromatic rings. The van der Waals surface area contributed by atoms with Gasteiger partial charge in [0.1, 0.15) is 6.04 Å². The van der Waals surface area contributed by atoms with Crippen molar-refractivity contribution in [3.05, 3.63) is 71.3 Å². The first-order valence-corrected chi connectivity index (χ1v) is 8.65. The zero-order valence-corrected chi connectivity index (χ0v) is 15.1. The number of carbonyl (C=O) groups excluding carboxylic acids is 2. The zero-order valence-electron chi connectivity index (χ0n) is 15.1. The normalized spacial score (nSPS) is 11.8. The van der Waals surface area contributed by atoms with Crippen molar-refractivity contribution >= 4 is 11.8 Å². The molecule has 0 aliphatic carbocycles. The van der Waals surface area contributed by atoms with Crippen molar-refractivity contribution in [1.82, 2.24) is 10.6 Å². The summed E-state index contributed by atoms with van der Waals surface area (Å²) in [7, 11) is 0. The summed E-state index contributed by atoms with van der Waals surface area (Å²) in [5, 5.41) is 5.81. The topological polar surface area (TPSA) is 58.2 Å². The molecule has 0 heterocycles. The number of hydrogen-bond acceptors (Lipinski definition) is 2. The van der Waals surface area contributed by atoms with E-state index in [0.29, 0.717) is 24.4 Å². The smallest absolute Gasteiger partial charge is 0.252 e. The van der Waals surface area contributed by atoms with Crippen LogP contribution in [0.1, 0.15) is 41.8 Å². The van der Waals surface area contributed by atoms with E-state index in [4.69, 9.17) is 0 Å². The van der Waals surface area contributed by atoms with E-state index in [-0.39, 0.29) is 11.8 Å². The summed E-state index contributed by atoms with van der Waals surface area (Å²) in [6, 6.07) is 16.6. The molecule has 0 aromatic heterocycles. The van der Waals surface area contributed by atoms with E-state index in [0.717, 1.165) is 11.1 Å². The molecule has 4 nitrogen and oxygen atoms in total. The molecule has 25 heavy (non-hydrogen) atoms. The van der Waals surface area contributed by atoms with Gasteiger partial charge in [0.25, 0.3) is 5.91 Å². The molecule has 1 atom stereocenters. The SMILES string of the molecule is Cc1ccccc1C(=O)NC(CC(C)C)C(=O)NCc1ccccc1. The number of amides is 2. The van der Waals surface area contributed by atoms with Crippen LogP contribution >= 0.6 is 0 Å². The van der Waals surface area contributed by atoms with Crippen molar-refractivity contribution < 1.29 is 9.59 Å². The van der Waals surface area contributed by atoms with Crippen LogP contribution in [0.5, 0.6) is 0 Å². The van der Waals surface area contributed by atoms with E-state index in [2.05, 4.69) is 10.6 Å². The van der Waals surface area contributed by atoms with Crippen molar-refractivity contribution in [3.63, 3.8) is 0 Å². The Bertz CT molecular complexity index is 711. The second kappa shape index (κ2) is 9.02. The number of aryl methyl sites for hydroxylation is 1. The first kappa shape index (κ1) is 18.7. The summed E-state index contributed by atoms with van der Waals surface area (Å²) in [4.78, 5) is 25.1. The molecule has 0 radical (unpaired) electrons. The molecule has 2 aromatic carbocycles. The summed E-state index contributed by atoms with van der Waals surface area (Å²) < 4.78 is 0. The molecule has 0 saturated heterocycles. The van der Waals surface area contributed by atoms with Crippen molar-refractivity contribution in [2.24, 2.45) is 5.92 Å². The lowest BCUT2D eigenvalue weighted by molar-refractivity contribution is -0.123. The Kier molecular flexibility index (Phi) is 6.75. The highest BCUT2D eigenvalue weighted by Gasteiger charge is 2.22. The lowest BCUT2D eigenvalue weighted by Gasteiger charge is -2.20. The highest BCUT2D eigenvalue weighted by atomic mass is 16.2. The maximum absolute atomic E-state index is 12.6. The molecule has 0 bridgehead atoms. The Morgan fingerprint density at radius 3 is 2.24 bits per heavy atom. The van der Waals surface area contributed by atoms with Crippen LogP contribution in [-0.4, -0.2) is 17.9 Å². The van der Waals surface area contributed by atoms with Crippen LogP contribution in [-0.2, 0) is 11.3 Å². The Balaban J connectivity index is 2.03. The van der Waals surface area contributed by atoms with Gasteiger partial charge in [-0.3, -0.25) is 9.59 Å². The van der Waals surface area contributed by atoms with Crippen LogP contribution in [0.15, 0.2) is 54.6 Å². The average molecular weight is 338 g/mol. The summed E-state index contributed by atoms with van der Waals surface area (Å²) in [6.07, 6.45) is 0.595. The van der Waals surface area contributed by atoms with Crippen molar-refractivity contribution in [1.29, 1.82) is 0 Å². The van der Waals surface area contributed by atoms with Crippen LogP contribution < -0.4 is 10.6 Å². The van der Waals surface area contributed by atoms with Gasteiger partial charge in [0, 0.05) is 12.1 Å². The van der Waals surface area contributed by atoms with Gasteiger partial charge >= 0.3 is 0 Å². The van der Waals surface area contributed by atoms with Crippen LogP contribution in [0.25, 0.3) is 0 Å². The van der Waals surface area contributed by atoms with Crippen LogP contribution in [0.2, 0.25) is 0 Å². The summed E-state index contributed by atoms with van der Waals surface area (Å²) >= 11 is 0. The summed E-state index contributed by atoms with van der Waals surface area (Å²) in [5.41, 5.74) is 2.53. The molecule has 132 valence electrons. The van der Waals surface area contributed by atoms with E-state index in [9.17, 15) is 9.59 Å². The fourth-order valence-corrected chi connectivity index (χ4v) is 2.67. The minimum atomic E-state index is -0.546. The van der Waals surface area contributed by atoms with Crippen molar-refractivity contribution in [3.8, 4) is 0 Å².